The molecule has 1 unspecified atom stereocenters. The third kappa shape index (κ3) is 3.82. The fourth-order valence-electron chi connectivity index (χ4n) is 3.14. The number of nitrogens with two attached hydrogens (primary N) is 1. The van der Waals surface area contributed by atoms with Crippen molar-refractivity contribution < 1.29 is 9.72 Å². The molecule has 0 saturated heterocycles. The Morgan fingerprint density at radius 2 is 2.09 bits per heavy atom. The SMILES string of the molecule is Cc1ccc([N+](=O)[O-])c(C(=O)NC(CN)C2CCCCC2)c1. The molecular weight excluding hydrogens is 282 g/mol. The van der Waals surface area contributed by atoms with Crippen LogP contribution in [0.2, 0.25) is 0 Å². The lowest BCUT2D eigenvalue weighted by atomic mass is 9.84. The van der Waals surface area contributed by atoms with Gasteiger partial charge < -0.3 is 11.1 Å². The summed E-state index contributed by atoms with van der Waals surface area (Å²) in [6.07, 6.45) is 5.64. The standard InChI is InChI=1S/C16H23N3O3/c1-11-7-8-15(19(21)22)13(9-11)16(20)18-14(10-17)12-5-3-2-4-6-12/h7-9,12,14H,2-6,10,17H2,1H3,(H,18,20). The van der Waals surface area contributed by atoms with E-state index in [0.29, 0.717) is 12.5 Å². The predicted molar refractivity (Wildman–Crippen MR) is 84.7 cm³/mol. The summed E-state index contributed by atoms with van der Waals surface area (Å²) in [5.41, 5.74) is 6.57. The summed E-state index contributed by atoms with van der Waals surface area (Å²) in [6.45, 7) is 2.16. The van der Waals surface area contributed by atoms with Gasteiger partial charge in [0.1, 0.15) is 5.56 Å². The highest BCUT2D eigenvalue weighted by Gasteiger charge is 2.27. The molecule has 2 rings (SSSR count). The number of benzene rings is 1. The molecule has 6 nitrogen and oxygen atoms in total. The van der Waals surface area contributed by atoms with Crippen LogP contribution in [-0.2, 0) is 0 Å². The molecule has 1 aliphatic rings. The Bertz CT molecular complexity index is 554. The average molecular weight is 305 g/mol. The summed E-state index contributed by atoms with van der Waals surface area (Å²) in [5, 5.41) is 14.0. The molecule has 1 saturated carbocycles. The summed E-state index contributed by atoms with van der Waals surface area (Å²) in [7, 11) is 0. The van der Waals surface area contributed by atoms with Crippen LogP contribution >= 0.6 is 0 Å². The minimum absolute atomic E-state index is 0.110. The maximum Gasteiger partial charge on any atom is 0.282 e. The number of nitro benzene ring substituents is 1. The van der Waals surface area contributed by atoms with Gasteiger partial charge in [-0.25, -0.2) is 0 Å². The minimum atomic E-state index is -0.521. The molecule has 22 heavy (non-hydrogen) atoms. The summed E-state index contributed by atoms with van der Waals surface area (Å²) < 4.78 is 0. The van der Waals surface area contributed by atoms with Crippen molar-refractivity contribution in [1.82, 2.24) is 5.32 Å². The summed E-state index contributed by atoms with van der Waals surface area (Å²) >= 11 is 0. The first-order valence-corrected chi connectivity index (χ1v) is 7.79. The number of hydrogen-bond donors (Lipinski definition) is 2. The van der Waals surface area contributed by atoms with Crippen molar-refractivity contribution in [2.24, 2.45) is 11.7 Å². The van der Waals surface area contributed by atoms with E-state index in [0.717, 1.165) is 31.2 Å². The zero-order valence-electron chi connectivity index (χ0n) is 12.9. The van der Waals surface area contributed by atoms with E-state index >= 15 is 0 Å². The molecule has 1 aromatic rings. The van der Waals surface area contributed by atoms with E-state index in [4.69, 9.17) is 5.73 Å². The van der Waals surface area contributed by atoms with Crippen molar-refractivity contribution in [3.05, 3.63) is 39.4 Å². The van der Waals surface area contributed by atoms with Gasteiger partial charge >= 0.3 is 0 Å². The molecule has 3 N–H and O–H groups in total. The molecule has 0 bridgehead atoms. The Balaban J connectivity index is 2.16. The molecule has 120 valence electrons. The van der Waals surface area contributed by atoms with Gasteiger partial charge in [0, 0.05) is 18.7 Å². The Labute approximate surface area is 130 Å². The third-order valence-electron chi connectivity index (χ3n) is 4.38. The molecule has 0 spiro atoms. The first kappa shape index (κ1) is 16.4. The normalized spacial score (nSPS) is 17.0. The number of carbonyl (C=O) groups excluding carboxylic acids is 1. The van der Waals surface area contributed by atoms with Gasteiger partial charge in [-0.3, -0.25) is 14.9 Å². The van der Waals surface area contributed by atoms with Crippen LogP contribution < -0.4 is 11.1 Å². The van der Waals surface area contributed by atoms with E-state index in [1.54, 1.807) is 12.1 Å². The number of aryl methyl sites for hydroxylation is 1. The maximum absolute atomic E-state index is 12.5. The second-order valence-corrected chi connectivity index (χ2v) is 5.99. The van der Waals surface area contributed by atoms with E-state index < -0.39 is 10.8 Å². The van der Waals surface area contributed by atoms with Crippen LogP contribution in [0.1, 0.15) is 48.0 Å². The molecule has 0 aliphatic heterocycles. The molecular formula is C16H23N3O3. The van der Waals surface area contributed by atoms with Crippen LogP contribution in [0.15, 0.2) is 18.2 Å². The number of nitrogens with one attached hydrogen (secondary N) is 1. The van der Waals surface area contributed by atoms with Gasteiger partial charge in [0.05, 0.1) is 4.92 Å². The lowest BCUT2D eigenvalue weighted by molar-refractivity contribution is -0.385. The van der Waals surface area contributed by atoms with Crippen molar-refractivity contribution in [2.45, 2.75) is 45.1 Å². The van der Waals surface area contributed by atoms with Crippen LogP contribution in [0.3, 0.4) is 0 Å². The highest BCUT2D eigenvalue weighted by molar-refractivity contribution is 5.98. The molecule has 1 atom stereocenters. The van der Waals surface area contributed by atoms with Gasteiger partial charge in [0.2, 0.25) is 0 Å². The van der Waals surface area contributed by atoms with Crippen LogP contribution in [0.4, 0.5) is 5.69 Å². The Morgan fingerprint density at radius 3 is 2.68 bits per heavy atom. The molecule has 1 amide bonds. The fourth-order valence-corrected chi connectivity index (χ4v) is 3.14. The minimum Gasteiger partial charge on any atom is -0.348 e. The smallest absolute Gasteiger partial charge is 0.282 e. The molecule has 0 aromatic heterocycles. The van der Waals surface area contributed by atoms with Crippen molar-refractivity contribution >= 4 is 11.6 Å². The summed E-state index contributed by atoms with van der Waals surface area (Å²) in [5.74, 6) is -0.0389. The quantitative estimate of drug-likeness (QED) is 0.645. The Hall–Kier alpha value is -1.95. The molecule has 0 radical (unpaired) electrons. The number of carbonyl (C=O) groups is 1. The number of hydrogen-bond acceptors (Lipinski definition) is 4. The second kappa shape index (κ2) is 7.35. The Morgan fingerprint density at radius 1 is 1.41 bits per heavy atom. The largest absolute Gasteiger partial charge is 0.348 e. The zero-order chi connectivity index (χ0) is 16.1. The predicted octanol–water partition coefficient (Wildman–Crippen LogP) is 2.54. The van der Waals surface area contributed by atoms with Gasteiger partial charge in [-0.2, -0.15) is 0 Å². The number of amides is 1. The van der Waals surface area contributed by atoms with Gasteiger partial charge in [-0.05, 0) is 37.3 Å². The molecule has 1 fully saturated rings. The first-order valence-electron chi connectivity index (χ1n) is 7.79. The van der Waals surface area contributed by atoms with E-state index in [1.165, 1.54) is 12.5 Å². The van der Waals surface area contributed by atoms with E-state index in [9.17, 15) is 14.9 Å². The van der Waals surface area contributed by atoms with Crippen LogP contribution in [0.25, 0.3) is 0 Å². The van der Waals surface area contributed by atoms with Crippen LogP contribution in [-0.4, -0.2) is 23.4 Å². The van der Waals surface area contributed by atoms with E-state index in [2.05, 4.69) is 5.32 Å². The van der Waals surface area contributed by atoms with Crippen LogP contribution in [0, 0.1) is 23.0 Å². The Kier molecular flexibility index (Phi) is 5.49. The molecule has 0 heterocycles. The van der Waals surface area contributed by atoms with Crippen molar-refractivity contribution in [3.8, 4) is 0 Å². The van der Waals surface area contributed by atoms with Crippen molar-refractivity contribution in [1.29, 1.82) is 0 Å². The average Bonchev–Trinajstić information content (AvgIpc) is 2.52. The zero-order valence-corrected chi connectivity index (χ0v) is 12.9. The van der Waals surface area contributed by atoms with Crippen LogP contribution in [0.5, 0.6) is 0 Å². The number of rotatable bonds is 5. The van der Waals surface area contributed by atoms with Gasteiger partial charge in [-0.1, -0.05) is 25.3 Å². The molecule has 1 aliphatic carbocycles. The molecule has 1 aromatic carbocycles. The van der Waals surface area contributed by atoms with Gasteiger partial charge in [0.25, 0.3) is 11.6 Å². The number of nitrogens with zero attached hydrogens (tertiary/aromatic N) is 1. The fraction of sp³-hybridized carbons (Fsp3) is 0.562. The first-order chi connectivity index (χ1) is 10.5. The summed E-state index contributed by atoms with van der Waals surface area (Å²) in [6, 6.07) is 4.45. The van der Waals surface area contributed by atoms with E-state index in [-0.39, 0.29) is 17.3 Å². The molecule has 6 heteroatoms. The van der Waals surface area contributed by atoms with E-state index in [1.807, 2.05) is 6.92 Å². The van der Waals surface area contributed by atoms with Gasteiger partial charge in [0.15, 0.2) is 0 Å². The van der Waals surface area contributed by atoms with Gasteiger partial charge in [-0.15, -0.1) is 0 Å². The topological polar surface area (TPSA) is 98.3 Å². The highest BCUT2D eigenvalue weighted by atomic mass is 16.6. The monoisotopic (exact) mass is 305 g/mol. The number of nitro groups is 1. The van der Waals surface area contributed by atoms with Crippen molar-refractivity contribution in [2.75, 3.05) is 6.54 Å². The van der Waals surface area contributed by atoms with Crippen molar-refractivity contribution in [3.63, 3.8) is 0 Å². The maximum atomic E-state index is 12.5. The lowest BCUT2D eigenvalue weighted by Gasteiger charge is -2.30. The second-order valence-electron chi connectivity index (χ2n) is 5.99. The highest BCUT2D eigenvalue weighted by Crippen LogP contribution is 2.27. The lowest BCUT2D eigenvalue weighted by Crippen LogP contribution is -2.46. The summed E-state index contributed by atoms with van der Waals surface area (Å²) in [4.78, 5) is 23.0. The third-order valence-corrected chi connectivity index (χ3v) is 4.38.